The first-order valence-corrected chi connectivity index (χ1v) is 11.4. The number of carbonyl (C=O) groups is 1. The molecule has 1 N–H and O–H groups in total. The van der Waals surface area contributed by atoms with E-state index in [0.29, 0.717) is 36.4 Å². The minimum atomic E-state index is -0.351. The zero-order chi connectivity index (χ0) is 20.6. The van der Waals surface area contributed by atoms with Crippen LogP contribution in [0.15, 0.2) is 12.3 Å². The van der Waals surface area contributed by atoms with Crippen molar-refractivity contribution in [2.45, 2.75) is 50.6 Å². The van der Waals surface area contributed by atoms with Crippen molar-refractivity contribution in [2.24, 2.45) is 11.3 Å². The smallest absolute Gasteiger partial charge is 0.228 e. The van der Waals surface area contributed by atoms with Gasteiger partial charge in [-0.2, -0.15) is 4.98 Å². The van der Waals surface area contributed by atoms with E-state index >= 15 is 0 Å². The molecule has 0 unspecified atom stereocenters. The monoisotopic (exact) mass is 415 g/mol. The van der Waals surface area contributed by atoms with E-state index in [1.54, 1.807) is 19.4 Å². The largest absolute Gasteiger partial charge is 0.481 e. The van der Waals surface area contributed by atoms with E-state index in [1.165, 1.54) is 0 Å². The summed E-state index contributed by atoms with van der Waals surface area (Å²) >= 11 is 0. The van der Waals surface area contributed by atoms with Crippen LogP contribution in [0.5, 0.6) is 5.88 Å². The molecule has 0 spiro atoms. The van der Waals surface area contributed by atoms with Gasteiger partial charge in [0.2, 0.25) is 17.7 Å². The van der Waals surface area contributed by atoms with Crippen molar-refractivity contribution in [1.29, 1.82) is 0 Å². The number of hydrogen-bond acceptors (Lipinski definition) is 7. The van der Waals surface area contributed by atoms with Crippen LogP contribution < -0.4 is 15.0 Å². The molecule has 1 aromatic rings. The van der Waals surface area contributed by atoms with Crippen molar-refractivity contribution in [3.8, 4) is 5.88 Å². The van der Waals surface area contributed by atoms with Crippen LogP contribution in [0.3, 0.4) is 0 Å². The third kappa shape index (κ3) is 3.87. The Hall–Kier alpha value is -1.93. The van der Waals surface area contributed by atoms with Crippen LogP contribution in [0.25, 0.3) is 0 Å². The molecule has 8 nitrogen and oxygen atoms in total. The van der Waals surface area contributed by atoms with Crippen molar-refractivity contribution < 1.29 is 14.3 Å². The number of nitrogens with zero attached hydrogens (tertiary/aromatic N) is 4. The van der Waals surface area contributed by atoms with Gasteiger partial charge in [-0.1, -0.05) is 0 Å². The topological polar surface area (TPSA) is 79.8 Å². The van der Waals surface area contributed by atoms with Crippen LogP contribution in [0.2, 0.25) is 0 Å². The van der Waals surface area contributed by atoms with Gasteiger partial charge in [0.15, 0.2) is 0 Å². The first-order chi connectivity index (χ1) is 14.7. The molecule has 8 heteroatoms. The Morgan fingerprint density at radius 2 is 2.07 bits per heavy atom. The van der Waals surface area contributed by atoms with Gasteiger partial charge in [0.1, 0.15) is 0 Å². The van der Waals surface area contributed by atoms with Crippen LogP contribution in [0, 0.1) is 11.3 Å². The highest BCUT2D eigenvalue weighted by Gasteiger charge is 2.53. The third-order valence-corrected chi connectivity index (χ3v) is 7.52. The number of fused-ring (bicyclic) bond motifs is 1. The average Bonchev–Trinajstić information content (AvgIpc) is 3.63. The zero-order valence-electron chi connectivity index (χ0n) is 17.9. The van der Waals surface area contributed by atoms with Gasteiger partial charge in [0, 0.05) is 50.5 Å². The molecule has 2 aliphatic carbocycles. The lowest BCUT2D eigenvalue weighted by Gasteiger charge is -2.53. The van der Waals surface area contributed by atoms with Gasteiger partial charge in [0.25, 0.3) is 0 Å². The maximum atomic E-state index is 13.6. The van der Waals surface area contributed by atoms with Crippen molar-refractivity contribution in [2.75, 3.05) is 51.4 Å². The Balaban J connectivity index is 1.37. The normalized spacial score (nSPS) is 32.4. The van der Waals surface area contributed by atoms with Crippen LogP contribution in [0.4, 0.5) is 5.95 Å². The van der Waals surface area contributed by atoms with Crippen LogP contribution in [0.1, 0.15) is 38.5 Å². The Labute approximate surface area is 178 Å². The highest BCUT2D eigenvalue weighted by Crippen LogP contribution is 2.48. The molecule has 2 saturated carbocycles. The van der Waals surface area contributed by atoms with Crippen LogP contribution in [-0.2, 0) is 9.53 Å². The molecule has 2 saturated heterocycles. The standard InChI is InChI=1S/C22H33N5O3/c1-29-19-5-8-23-21(25-19)27-9-6-16-14-18(26-10-12-30-13-11-26)4-7-22(16,15-27)20(28)24-17-2-3-17/h5,8,16-18H,2-4,6-7,9-15H2,1H3,(H,24,28)/t16-,18-,22-/m1/s1. The molecule has 3 atom stereocenters. The second kappa shape index (κ2) is 8.30. The predicted octanol–water partition coefficient (Wildman–Crippen LogP) is 1.46. The second-order valence-electron chi connectivity index (χ2n) is 9.29. The summed E-state index contributed by atoms with van der Waals surface area (Å²) in [6.07, 6.45) is 8.07. The number of hydrogen-bond donors (Lipinski definition) is 1. The fourth-order valence-corrected chi connectivity index (χ4v) is 5.60. The third-order valence-electron chi connectivity index (χ3n) is 7.52. The average molecular weight is 416 g/mol. The van der Waals surface area contributed by atoms with E-state index in [9.17, 15) is 4.79 Å². The first-order valence-electron chi connectivity index (χ1n) is 11.4. The van der Waals surface area contributed by atoms with Gasteiger partial charge in [-0.25, -0.2) is 4.98 Å². The van der Waals surface area contributed by atoms with Crippen LogP contribution >= 0.6 is 0 Å². The summed E-state index contributed by atoms with van der Waals surface area (Å²) in [4.78, 5) is 27.4. The highest BCUT2D eigenvalue weighted by atomic mass is 16.5. The molecule has 1 amide bonds. The van der Waals surface area contributed by atoms with Crippen molar-refractivity contribution in [3.05, 3.63) is 12.3 Å². The molecular weight excluding hydrogens is 382 g/mol. The summed E-state index contributed by atoms with van der Waals surface area (Å²) in [5.41, 5.74) is -0.351. The lowest BCUT2D eigenvalue weighted by molar-refractivity contribution is -0.139. The molecule has 5 rings (SSSR count). The molecule has 0 radical (unpaired) electrons. The summed E-state index contributed by atoms with van der Waals surface area (Å²) in [5.74, 6) is 1.89. The quantitative estimate of drug-likeness (QED) is 0.780. The fourth-order valence-electron chi connectivity index (χ4n) is 5.60. The molecule has 1 aromatic heterocycles. The van der Waals surface area contributed by atoms with Gasteiger partial charge < -0.3 is 19.7 Å². The minimum Gasteiger partial charge on any atom is -0.481 e. The zero-order valence-corrected chi connectivity index (χ0v) is 17.9. The molecule has 0 aromatic carbocycles. The summed E-state index contributed by atoms with van der Waals surface area (Å²) in [7, 11) is 1.62. The van der Waals surface area contributed by atoms with Gasteiger partial charge >= 0.3 is 0 Å². The lowest BCUT2D eigenvalue weighted by Crippen LogP contribution is -2.61. The molecular formula is C22H33N5O3. The number of piperidine rings is 1. The Bertz CT molecular complexity index is 767. The second-order valence-corrected chi connectivity index (χ2v) is 9.29. The summed E-state index contributed by atoms with van der Waals surface area (Å²) in [6, 6.07) is 2.72. The van der Waals surface area contributed by atoms with Crippen molar-refractivity contribution in [1.82, 2.24) is 20.2 Å². The Morgan fingerprint density at radius 1 is 1.23 bits per heavy atom. The Morgan fingerprint density at radius 3 is 2.83 bits per heavy atom. The lowest BCUT2D eigenvalue weighted by atomic mass is 9.61. The van der Waals surface area contributed by atoms with Gasteiger partial charge in [-0.15, -0.1) is 0 Å². The molecule has 2 aliphatic heterocycles. The molecule has 30 heavy (non-hydrogen) atoms. The number of nitrogens with one attached hydrogen (secondary N) is 1. The van der Waals surface area contributed by atoms with Crippen molar-refractivity contribution >= 4 is 11.9 Å². The highest BCUT2D eigenvalue weighted by molar-refractivity contribution is 5.84. The number of rotatable bonds is 5. The van der Waals surface area contributed by atoms with Crippen LogP contribution in [-0.4, -0.2) is 79.4 Å². The summed E-state index contributed by atoms with van der Waals surface area (Å²) in [6.45, 7) is 5.26. The van der Waals surface area contributed by atoms with Gasteiger partial charge in [-0.3, -0.25) is 9.69 Å². The number of methoxy groups -OCH3 is 1. The molecule has 0 bridgehead atoms. The maximum absolute atomic E-state index is 13.6. The Kier molecular flexibility index (Phi) is 5.54. The van der Waals surface area contributed by atoms with E-state index in [-0.39, 0.29) is 11.3 Å². The predicted molar refractivity (Wildman–Crippen MR) is 113 cm³/mol. The summed E-state index contributed by atoms with van der Waals surface area (Å²) in [5, 5.41) is 3.34. The van der Waals surface area contributed by atoms with E-state index in [0.717, 1.165) is 71.4 Å². The minimum absolute atomic E-state index is 0.253. The summed E-state index contributed by atoms with van der Waals surface area (Å²) < 4.78 is 10.8. The number of anilines is 1. The maximum Gasteiger partial charge on any atom is 0.228 e. The number of carbonyl (C=O) groups excluding carboxylic acids is 1. The molecule has 4 aliphatic rings. The number of aromatic nitrogens is 2. The van der Waals surface area contributed by atoms with Gasteiger partial charge in [0.05, 0.1) is 25.7 Å². The van der Waals surface area contributed by atoms with E-state index < -0.39 is 0 Å². The van der Waals surface area contributed by atoms with E-state index in [2.05, 4.69) is 25.1 Å². The first kappa shape index (κ1) is 20.0. The molecule has 4 fully saturated rings. The van der Waals surface area contributed by atoms with E-state index in [1.807, 2.05) is 0 Å². The fraction of sp³-hybridized carbons (Fsp3) is 0.773. The van der Waals surface area contributed by atoms with Gasteiger partial charge in [-0.05, 0) is 44.4 Å². The molecule has 3 heterocycles. The number of amides is 1. The van der Waals surface area contributed by atoms with E-state index in [4.69, 9.17) is 9.47 Å². The number of ether oxygens (including phenoxy) is 2. The molecule has 164 valence electrons. The SMILES string of the molecule is COc1ccnc(N2CC[C@@H]3C[C@H](N4CCOCC4)CC[C@@]3(C(=O)NC3CC3)C2)n1. The van der Waals surface area contributed by atoms with Crippen molar-refractivity contribution in [3.63, 3.8) is 0 Å². The number of morpholine rings is 1.